The minimum absolute atomic E-state index is 0.0253. The van der Waals surface area contributed by atoms with Gasteiger partial charge >= 0.3 is 0 Å². The van der Waals surface area contributed by atoms with E-state index in [1.54, 1.807) is 61.5 Å². The van der Waals surface area contributed by atoms with Crippen molar-refractivity contribution in [2.75, 3.05) is 17.5 Å². The maximum atomic E-state index is 13.5. The third-order valence-electron chi connectivity index (χ3n) is 4.97. The van der Waals surface area contributed by atoms with Crippen LogP contribution in [0, 0.1) is 6.92 Å². The van der Waals surface area contributed by atoms with Crippen molar-refractivity contribution in [1.29, 1.82) is 0 Å². The monoisotopic (exact) mass is 481 g/mol. The number of anilines is 1. The molecule has 8 nitrogen and oxygen atoms in total. The molecule has 0 saturated heterocycles. The molecule has 3 aromatic rings. The first-order chi connectivity index (χ1) is 16.2. The molecule has 3 rings (SSSR count). The first-order valence-electron chi connectivity index (χ1n) is 10.7. The highest BCUT2D eigenvalue weighted by molar-refractivity contribution is 7.92. The molecule has 0 aliphatic heterocycles. The number of para-hydroxylation sites is 1. The number of ether oxygens (including phenoxy) is 1. The SMILES string of the molecule is CCOc1ccc(S(=O)(=O)N(CC(=O)N/N=C(/C)c2ccccc2O)c2ccc(C)cc2)cc1. The zero-order valence-corrected chi connectivity index (χ0v) is 20.0. The molecule has 0 aromatic heterocycles. The Hall–Kier alpha value is -3.85. The third kappa shape index (κ3) is 5.93. The van der Waals surface area contributed by atoms with E-state index in [4.69, 9.17) is 4.74 Å². The summed E-state index contributed by atoms with van der Waals surface area (Å²) in [6.45, 7) is 5.33. The zero-order valence-electron chi connectivity index (χ0n) is 19.2. The topological polar surface area (TPSA) is 108 Å². The average molecular weight is 482 g/mol. The highest BCUT2D eigenvalue weighted by atomic mass is 32.2. The normalized spacial score (nSPS) is 11.7. The first-order valence-corrected chi connectivity index (χ1v) is 12.1. The Balaban J connectivity index is 1.87. The van der Waals surface area contributed by atoms with E-state index in [1.165, 1.54) is 18.2 Å². The van der Waals surface area contributed by atoms with Gasteiger partial charge in [-0.3, -0.25) is 9.10 Å². The summed E-state index contributed by atoms with van der Waals surface area (Å²) < 4.78 is 33.3. The van der Waals surface area contributed by atoms with Gasteiger partial charge in [0.1, 0.15) is 18.0 Å². The third-order valence-corrected chi connectivity index (χ3v) is 6.76. The van der Waals surface area contributed by atoms with Gasteiger partial charge in [0.25, 0.3) is 15.9 Å². The van der Waals surface area contributed by atoms with Crippen molar-refractivity contribution in [3.63, 3.8) is 0 Å². The molecule has 0 spiro atoms. The smallest absolute Gasteiger partial charge is 0.264 e. The number of rotatable bonds is 9. The number of hydrogen-bond acceptors (Lipinski definition) is 6. The molecule has 9 heteroatoms. The molecule has 0 fully saturated rings. The van der Waals surface area contributed by atoms with Gasteiger partial charge in [-0.15, -0.1) is 0 Å². The lowest BCUT2D eigenvalue weighted by Crippen LogP contribution is -2.39. The molecule has 2 N–H and O–H groups in total. The summed E-state index contributed by atoms with van der Waals surface area (Å²) in [5, 5.41) is 14.0. The Morgan fingerprint density at radius 3 is 2.29 bits per heavy atom. The van der Waals surface area contributed by atoms with E-state index in [0.29, 0.717) is 29.3 Å². The quantitative estimate of drug-likeness (QED) is 0.357. The summed E-state index contributed by atoms with van der Waals surface area (Å²) in [7, 11) is -4.06. The fourth-order valence-corrected chi connectivity index (χ4v) is 4.60. The molecule has 0 aliphatic carbocycles. The van der Waals surface area contributed by atoms with E-state index >= 15 is 0 Å². The number of sulfonamides is 1. The first kappa shape index (κ1) is 24.8. The number of benzene rings is 3. The van der Waals surface area contributed by atoms with Crippen molar-refractivity contribution in [3.05, 3.63) is 83.9 Å². The van der Waals surface area contributed by atoms with Crippen LogP contribution in [0.1, 0.15) is 25.0 Å². The second kappa shape index (κ2) is 10.8. The molecule has 0 aliphatic rings. The number of nitrogens with zero attached hydrogens (tertiary/aromatic N) is 2. The van der Waals surface area contributed by atoms with Crippen molar-refractivity contribution in [2.45, 2.75) is 25.7 Å². The molecule has 0 radical (unpaired) electrons. The van der Waals surface area contributed by atoms with Crippen molar-refractivity contribution in [2.24, 2.45) is 5.10 Å². The Bertz CT molecular complexity index is 1270. The number of phenolic OH excluding ortho intramolecular Hbond substituents is 1. The van der Waals surface area contributed by atoms with E-state index < -0.39 is 22.5 Å². The fourth-order valence-electron chi connectivity index (χ4n) is 3.18. The molecule has 1 amide bonds. The predicted molar refractivity (Wildman–Crippen MR) is 132 cm³/mol. The van der Waals surface area contributed by atoms with Gasteiger partial charge in [-0.25, -0.2) is 13.8 Å². The lowest BCUT2D eigenvalue weighted by Gasteiger charge is -2.24. The fraction of sp³-hybridized carbons (Fsp3) is 0.200. The van der Waals surface area contributed by atoms with Crippen LogP contribution in [-0.2, 0) is 14.8 Å². The summed E-state index contributed by atoms with van der Waals surface area (Å²) in [4.78, 5) is 12.8. The number of phenols is 1. The largest absolute Gasteiger partial charge is 0.507 e. The van der Waals surface area contributed by atoms with Crippen LogP contribution in [0.2, 0.25) is 0 Å². The van der Waals surface area contributed by atoms with Gasteiger partial charge in [0.15, 0.2) is 0 Å². The molecular formula is C25H27N3O5S. The minimum Gasteiger partial charge on any atom is -0.507 e. The molecule has 34 heavy (non-hydrogen) atoms. The van der Waals surface area contributed by atoms with Gasteiger partial charge in [0.05, 0.1) is 22.9 Å². The maximum Gasteiger partial charge on any atom is 0.264 e. The Morgan fingerprint density at radius 2 is 1.68 bits per heavy atom. The Labute approximate surface area is 199 Å². The van der Waals surface area contributed by atoms with Gasteiger partial charge in [0, 0.05) is 5.56 Å². The number of aryl methyl sites for hydroxylation is 1. The van der Waals surface area contributed by atoms with Crippen LogP contribution >= 0.6 is 0 Å². The summed E-state index contributed by atoms with van der Waals surface area (Å²) in [5.74, 6) is -0.0581. The van der Waals surface area contributed by atoms with Crippen LogP contribution in [0.15, 0.2) is 82.8 Å². The number of hydrogen-bond donors (Lipinski definition) is 2. The molecule has 178 valence electrons. The molecule has 0 atom stereocenters. The summed E-state index contributed by atoms with van der Waals surface area (Å²) in [5.41, 5.74) is 4.51. The molecule has 0 bridgehead atoms. The second-order valence-corrected chi connectivity index (χ2v) is 9.36. The van der Waals surface area contributed by atoms with Crippen LogP contribution in [0.4, 0.5) is 5.69 Å². The van der Waals surface area contributed by atoms with Gasteiger partial charge in [-0.05, 0) is 69.3 Å². The molecule has 0 saturated carbocycles. The predicted octanol–water partition coefficient (Wildman–Crippen LogP) is 3.84. The standard InChI is InChI=1S/C25H27N3O5S/c1-4-33-21-13-15-22(16-14-21)34(31,32)28(20-11-9-18(2)10-12-20)17-25(30)27-26-19(3)23-7-5-6-8-24(23)29/h5-16,29H,4,17H2,1-3H3,(H,27,30)/b26-19-. The van der Waals surface area contributed by atoms with E-state index in [-0.39, 0.29) is 10.6 Å². The lowest BCUT2D eigenvalue weighted by molar-refractivity contribution is -0.119. The van der Waals surface area contributed by atoms with E-state index in [2.05, 4.69) is 10.5 Å². The maximum absolute atomic E-state index is 13.5. The van der Waals surface area contributed by atoms with E-state index in [9.17, 15) is 18.3 Å². The number of amides is 1. The number of hydrazone groups is 1. The van der Waals surface area contributed by atoms with Crippen LogP contribution in [0.5, 0.6) is 11.5 Å². The molecular weight excluding hydrogens is 454 g/mol. The number of carbonyl (C=O) groups excluding carboxylic acids is 1. The Kier molecular flexibility index (Phi) is 7.91. The van der Waals surface area contributed by atoms with Crippen LogP contribution in [0.25, 0.3) is 0 Å². The summed E-state index contributed by atoms with van der Waals surface area (Å²) in [6, 6.07) is 19.5. The van der Waals surface area contributed by atoms with E-state index in [1.807, 2.05) is 13.8 Å². The minimum atomic E-state index is -4.06. The van der Waals surface area contributed by atoms with Crippen molar-refractivity contribution < 1.29 is 23.1 Å². The number of carbonyl (C=O) groups is 1. The van der Waals surface area contributed by atoms with Crippen molar-refractivity contribution in [1.82, 2.24) is 5.43 Å². The number of aromatic hydroxyl groups is 1. The highest BCUT2D eigenvalue weighted by Crippen LogP contribution is 2.25. The molecule has 0 heterocycles. The molecule has 0 unspecified atom stereocenters. The second-order valence-electron chi connectivity index (χ2n) is 7.50. The summed E-state index contributed by atoms with van der Waals surface area (Å²) in [6.07, 6.45) is 0. The highest BCUT2D eigenvalue weighted by Gasteiger charge is 2.27. The number of nitrogens with one attached hydrogen (secondary N) is 1. The lowest BCUT2D eigenvalue weighted by atomic mass is 10.1. The van der Waals surface area contributed by atoms with Gasteiger partial charge in [0.2, 0.25) is 0 Å². The Morgan fingerprint density at radius 1 is 1.03 bits per heavy atom. The van der Waals surface area contributed by atoms with Gasteiger partial charge < -0.3 is 9.84 Å². The summed E-state index contributed by atoms with van der Waals surface area (Å²) >= 11 is 0. The molecule has 3 aromatic carbocycles. The van der Waals surface area contributed by atoms with Crippen LogP contribution in [-0.4, -0.2) is 38.3 Å². The zero-order chi connectivity index (χ0) is 24.7. The van der Waals surface area contributed by atoms with Crippen LogP contribution < -0.4 is 14.5 Å². The van der Waals surface area contributed by atoms with Crippen LogP contribution in [0.3, 0.4) is 0 Å². The van der Waals surface area contributed by atoms with E-state index in [0.717, 1.165) is 9.87 Å². The van der Waals surface area contributed by atoms with Crippen molar-refractivity contribution >= 4 is 27.3 Å². The van der Waals surface area contributed by atoms with Gasteiger partial charge in [-0.1, -0.05) is 29.8 Å². The average Bonchev–Trinajstić information content (AvgIpc) is 2.82. The van der Waals surface area contributed by atoms with Gasteiger partial charge in [-0.2, -0.15) is 5.10 Å². The van der Waals surface area contributed by atoms with Crippen molar-refractivity contribution in [3.8, 4) is 11.5 Å².